The molecular weight excluding hydrogens is 256 g/mol. The molecule has 1 saturated carbocycles. The van der Waals surface area contributed by atoms with Crippen molar-refractivity contribution < 1.29 is 0 Å². The molecule has 2 aliphatic rings. The van der Waals surface area contributed by atoms with Gasteiger partial charge in [-0.25, -0.2) is 0 Å². The van der Waals surface area contributed by atoms with E-state index in [9.17, 15) is 0 Å². The zero-order valence-corrected chi connectivity index (χ0v) is 13.0. The SMILES string of the molecule is [CH2][C@H]1CN(C2CCCCC2)Cc2c1n(C)c1ccccc21. The summed E-state index contributed by atoms with van der Waals surface area (Å²) in [5, 5.41) is 1.43. The van der Waals surface area contributed by atoms with Crippen molar-refractivity contribution in [3.05, 3.63) is 42.4 Å². The zero-order valence-electron chi connectivity index (χ0n) is 13.0. The maximum absolute atomic E-state index is 4.48. The lowest BCUT2D eigenvalue weighted by Crippen LogP contribution is -2.41. The molecule has 111 valence electrons. The molecule has 2 heterocycles. The first kappa shape index (κ1) is 13.4. The van der Waals surface area contributed by atoms with Gasteiger partial charge >= 0.3 is 0 Å². The molecule has 1 aromatic heterocycles. The van der Waals surface area contributed by atoms with Crippen LogP contribution in [0.2, 0.25) is 0 Å². The Kier molecular flexibility index (Phi) is 3.30. The summed E-state index contributed by atoms with van der Waals surface area (Å²) in [5.74, 6) is 0.396. The average Bonchev–Trinajstić information content (AvgIpc) is 2.82. The van der Waals surface area contributed by atoms with Crippen molar-refractivity contribution in [2.75, 3.05) is 6.54 Å². The quantitative estimate of drug-likeness (QED) is 0.759. The molecule has 2 nitrogen and oxygen atoms in total. The van der Waals surface area contributed by atoms with E-state index in [4.69, 9.17) is 0 Å². The lowest BCUT2D eigenvalue weighted by atomic mass is 9.89. The molecule has 1 radical (unpaired) electrons. The molecule has 0 spiro atoms. The normalized spacial score (nSPS) is 24.4. The summed E-state index contributed by atoms with van der Waals surface area (Å²) < 4.78 is 2.38. The number of nitrogens with zero attached hydrogens (tertiary/aromatic N) is 2. The van der Waals surface area contributed by atoms with Crippen molar-refractivity contribution in [2.45, 2.75) is 50.6 Å². The van der Waals surface area contributed by atoms with E-state index in [0.717, 1.165) is 19.1 Å². The Labute approximate surface area is 127 Å². The van der Waals surface area contributed by atoms with Gasteiger partial charge < -0.3 is 4.57 Å². The second kappa shape index (κ2) is 5.17. The Morgan fingerprint density at radius 2 is 1.86 bits per heavy atom. The van der Waals surface area contributed by atoms with Gasteiger partial charge in [0.15, 0.2) is 0 Å². The molecule has 1 aromatic carbocycles. The molecule has 1 fully saturated rings. The van der Waals surface area contributed by atoms with Gasteiger partial charge in [-0.3, -0.25) is 4.90 Å². The number of para-hydroxylation sites is 1. The van der Waals surface area contributed by atoms with Gasteiger partial charge in [0.2, 0.25) is 0 Å². The number of benzene rings is 1. The van der Waals surface area contributed by atoms with E-state index in [0.29, 0.717) is 5.92 Å². The van der Waals surface area contributed by atoms with Gasteiger partial charge in [-0.2, -0.15) is 0 Å². The van der Waals surface area contributed by atoms with Crippen molar-refractivity contribution in [2.24, 2.45) is 7.05 Å². The monoisotopic (exact) mass is 281 g/mol. The third-order valence-electron chi connectivity index (χ3n) is 5.55. The van der Waals surface area contributed by atoms with E-state index in [1.165, 1.54) is 54.3 Å². The minimum atomic E-state index is 0.396. The summed E-state index contributed by atoms with van der Waals surface area (Å²) in [6, 6.07) is 9.62. The van der Waals surface area contributed by atoms with Crippen LogP contribution >= 0.6 is 0 Å². The molecule has 0 amide bonds. The second-order valence-electron chi connectivity index (χ2n) is 6.86. The van der Waals surface area contributed by atoms with Gasteiger partial charge in [0.25, 0.3) is 0 Å². The van der Waals surface area contributed by atoms with Crippen LogP contribution in [0.15, 0.2) is 24.3 Å². The van der Waals surface area contributed by atoms with Gasteiger partial charge in [-0.15, -0.1) is 0 Å². The molecule has 1 atom stereocenters. The summed E-state index contributed by atoms with van der Waals surface area (Å²) in [6.07, 6.45) is 7.01. The minimum absolute atomic E-state index is 0.396. The topological polar surface area (TPSA) is 8.17 Å². The minimum Gasteiger partial charge on any atom is -0.347 e. The molecule has 0 N–H and O–H groups in total. The van der Waals surface area contributed by atoms with Crippen LogP contribution in [0, 0.1) is 6.92 Å². The molecule has 0 bridgehead atoms. The summed E-state index contributed by atoms with van der Waals surface area (Å²) >= 11 is 0. The highest BCUT2D eigenvalue weighted by Crippen LogP contribution is 2.37. The van der Waals surface area contributed by atoms with Crippen molar-refractivity contribution in [3.63, 3.8) is 0 Å². The van der Waals surface area contributed by atoms with E-state index in [-0.39, 0.29) is 0 Å². The molecule has 1 aliphatic carbocycles. The van der Waals surface area contributed by atoms with Crippen LogP contribution in [0.3, 0.4) is 0 Å². The summed E-state index contributed by atoms with van der Waals surface area (Å²) in [5.41, 5.74) is 4.36. The smallest absolute Gasteiger partial charge is 0.0483 e. The number of aromatic nitrogens is 1. The maximum atomic E-state index is 4.48. The molecule has 2 aromatic rings. The van der Waals surface area contributed by atoms with E-state index in [1.54, 1.807) is 0 Å². The van der Waals surface area contributed by atoms with Gasteiger partial charge in [0.1, 0.15) is 0 Å². The van der Waals surface area contributed by atoms with E-state index < -0.39 is 0 Å². The lowest BCUT2D eigenvalue weighted by molar-refractivity contribution is 0.134. The molecule has 21 heavy (non-hydrogen) atoms. The predicted molar refractivity (Wildman–Crippen MR) is 88.3 cm³/mol. The fourth-order valence-electron chi connectivity index (χ4n) is 4.54. The maximum Gasteiger partial charge on any atom is 0.0483 e. The molecule has 0 saturated heterocycles. The van der Waals surface area contributed by atoms with Crippen LogP contribution in [0.25, 0.3) is 10.9 Å². The third kappa shape index (κ3) is 2.12. The Morgan fingerprint density at radius 3 is 2.67 bits per heavy atom. The van der Waals surface area contributed by atoms with Crippen LogP contribution in [-0.4, -0.2) is 22.1 Å². The Hall–Kier alpha value is -1.28. The molecular formula is C19H25N2. The number of hydrogen-bond donors (Lipinski definition) is 0. The van der Waals surface area contributed by atoms with Gasteiger partial charge in [0, 0.05) is 48.7 Å². The van der Waals surface area contributed by atoms with E-state index in [1.807, 2.05) is 0 Å². The fraction of sp³-hybridized carbons (Fsp3) is 0.526. The van der Waals surface area contributed by atoms with Crippen molar-refractivity contribution in [1.29, 1.82) is 0 Å². The summed E-state index contributed by atoms with van der Waals surface area (Å²) in [4.78, 5) is 2.71. The average molecular weight is 281 g/mol. The van der Waals surface area contributed by atoms with Crippen molar-refractivity contribution in [1.82, 2.24) is 9.47 Å². The first-order valence-electron chi connectivity index (χ1n) is 8.39. The van der Waals surface area contributed by atoms with Crippen LogP contribution in [-0.2, 0) is 13.6 Å². The van der Waals surface area contributed by atoms with Crippen LogP contribution in [0.5, 0.6) is 0 Å². The number of rotatable bonds is 1. The first-order chi connectivity index (χ1) is 10.3. The fourth-order valence-corrected chi connectivity index (χ4v) is 4.54. The van der Waals surface area contributed by atoms with Gasteiger partial charge in [-0.1, -0.05) is 37.5 Å². The Morgan fingerprint density at radius 1 is 1.10 bits per heavy atom. The van der Waals surface area contributed by atoms with Gasteiger partial charge in [-0.05, 0) is 31.4 Å². The highest BCUT2D eigenvalue weighted by atomic mass is 15.2. The van der Waals surface area contributed by atoms with Crippen LogP contribution < -0.4 is 0 Å². The number of aryl methyl sites for hydroxylation is 1. The summed E-state index contributed by atoms with van der Waals surface area (Å²) in [6.45, 7) is 6.72. The molecule has 1 aliphatic heterocycles. The highest BCUT2D eigenvalue weighted by molar-refractivity contribution is 5.86. The van der Waals surface area contributed by atoms with Crippen LogP contribution in [0.4, 0.5) is 0 Å². The molecule has 2 heteroatoms. The second-order valence-corrected chi connectivity index (χ2v) is 6.86. The predicted octanol–water partition coefficient (Wildman–Crippen LogP) is 4.24. The largest absolute Gasteiger partial charge is 0.347 e. The van der Waals surface area contributed by atoms with E-state index in [2.05, 4.69) is 47.7 Å². The van der Waals surface area contributed by atoms with E-state index >= 15 is 0 Å². The standard InChI is InChI=1S/C19H25N2/c1-14-12-21(15-8-4-3-5-9-15)13-17-16-10-6-7-11-18(16)20(2)19(14)17/h6-7,10-11,14-15H,1,3-5,8-9,12-13H2,2H3/t14-/m0/s1. The zero-order chi connectivity index (χ0) is 14.4. The summed E-state index contributed by atoms with van der Waals surface area (Å²) in [7, 11) is 2.20. The Bertz CT molecular complexity index is 649. The Balaban J connectivity index is 1.75. The van der Waals surface area contributed by atoms with Crippen molar-refractivity contribution in [3.8, 4) is 0 Å². The molecule has 0 unspecified atom stereocenters. The lowest BCUT2D eigenvalue weighted by Gasteiger charge is -2.39. The van der Waals surface area contributed by atoms with Crippen LogP contribution in [0.1, 0.15) is 49.3 Å². The van der Waals surface area contributed by atoms with Gasteiger partial charge in [0.05, 0.1) is 0 Å². The number of fused-ring (bicyclic) bond motifs is 3. The first-order valence-corrected chi connectivity index (χ1v) is 8.39. The molecule has 4 rings (SSSR count). The van der Waals surface area contributed by atoms with Crippen molar-refractivity contribution >= 4 is 10.9 Å². The third-order valence-corrected chi connectivity index (χ3v) is 5.55. The number of hydrogen-bond acceptors (Lipinski definition) is 1. The highest BCUT2D eigenvalue weighted by Gasteiger charge is 2.31.